The Balaban J connectivity index is 2.43. The van der Waals surface area contributed by atoms with Crippen LogP contribution in [0.2, 0.25) is 0 Å². The molecule has 0 saturated heterocycles. The number of nitrogens with one attached hydrogen (secondary N) is 2. The number of aromatic amines is 1. The van der Waals surface area contributed by atoms with Crippen LogP contribution in [0.1, 0.15) is 32.7 Å². The summed E-state index contributed by atoms with van der Waals surface area (Å²) in [6.07, 6.45) is 1.78. The molecule has 0 bridgehead atoms. The molecule has 1 atom stereocenters. The van der Waals surface area contributed by atoms with Crippen molar-refractivity contribution < 1.29 is 4.74 Å². The summed E-state index contributed by atoms with van der Waals surface area (Å²) in [6, 6.07) is 1.97. The summed E-state index contributed by atoms with van der Waals surface area (Å²) in [6.45, 7) is 7.47. The number of aromatic nitrogens is 3. The van der Waals surface area contributed by atoms with Crippen LogP contribution in [0.25, 0.3) is 11.0 Å². The molecule has 2 heterocycles. The molecule has 5 nitrogen and oxygen atoms in total. The monoisotopic (exact) mass is 234 g/mol. The van der Waals surface area contributed by atoms with Crippen molar-refractivity contribution in [1.82, 2.24) is 15.0 Å². The van der Waals surface area contributed by atoms with Crippen molar-refractivity contribution in [3.05, 3.63) is 18.1 Å². The van der Waals surface area contributed by atoms with E-state index in [2.05, 4.69) is 20.3 Å². The molecule has 0 radical (unpaired) electrons. The minimum absolute atomic E-state index is 0.0925. The minimum Gasteiger partial charge on any atom is -0.371 e. The largest absolute Gasteiger partial charge is 0.371 e. The third kappa shape index (κ3) is 2.39. The molecule has 2 N–H and O–H groups in total. The first-order chi connectivity index (χ1) is 8.26. The van der Waals surface area contributed by atoms with Gasteiger partial charge < -0.3 is 15.0 Å². The van der Waals surface area contributed by atoms with E-state index in [0.717, 1.165) is 23.4 Å². The van der Waals surface area contributed by atoms with Gasteiger partial charge in [-0.05, 0) is 26.8 Å². The first-order valence-corrected chi connectivity index (χ1v) is 5.96. The molecule has 2 aromatic heterocycles. The summed E-state index contributed by atoms with van der Waals surface area (Å²) in [5.74, 6) is 1.57. The molecule has 0 aromatic carbocycles. The van der Waals surface area contributed by atoms with Gasteiger partial charge in [0.25, 0.3) is 0 Å². The van der Waals surface area contributed by atoms with Crippen molar-refractivity contribution in [2.45, 2.75) is 26.9 Å². The smallest absolute Gasteiger partial charge is 0.161 e. The Bertz CT molecular complexity index is 494. The van der Waals surface area contributed by atoms with Crippen molar-refractivity contribution in [1.29, 1.82) is 0 Å². The van der Waals surface area contributed by atoms with Gasteiger partial charge in [0.15, 0.2) is 5.82 Å². The highest BCUT2D eigenvalue weighted by Gasteiger charge is 2.13. The minimum atomic E-state index is -0.0925. The summed E-state index contributed by atoms with van der Waals surface area (Å²) in [5, 5.41) is 4.26. The van der Waals surface area contributed by atoms with Crippen molar-refractivity contribution >= 4 is 16.9 Å². The van der Waals surface area contributed by atoms with Gasteiger partial charge in [0, 0.05) is 19.3 Å². The highest BCUT2D eigenvalue weighted by Crippen LogP contribution is 2.22. The average molecular weight is 234 g/mol. The number of hydrogen-bond donors (Lipinski definition) is 2. The van der Waals surface area contributed by atoms with E-state index < -0.39 is 0 Å². The lowest BCUT2D eigenvalue weighted by atomic mass is 10.3. The Hall–Kier alpha value is -1.62. The van der Waals surface area contributed by atoms with Crippen LogP contribution in [0.4, 0.5) is 5.82 Å². The van der Waals surface area contributed by atoms with Gasteiger partial charge in [-0.3, -0.25) is 0 Å². The van der Waals surface area contributed by atoms with Gasteiger partial charge in [0.2, 0.25) is 0 Å². The van der Waals surface area contributed by atoms with Gasteiger partial charge >= 0.3 is 0 Å². The highest BCUT2D eigenvalue weighted by atomic mass is 16.5. The molecule has 0 aliphatic rings. The van der Waals surface area contributed by atoms with Crippen LogP contribution in [-0.4, -0.2) is 28.1 Å². The van der Waals surface area contributed by atoms with Crippen molar-refractivity contribution in [3.8, 4) is 0 Å². The number of anilines is 1. The van der Waals surface area contributed by atoms with E-state index >= 15 is 0 Å². The Morgan fingerprint density at radius 1 is 1.41 bits per heavy atom. The zero-order chi connectivity index (χ0) is 12.3. The topological polar surface area (TPSA) is 62.8 Å². The maximum absolute atomic E-state index is 5.52. The molecule has 17 heavy (non-hydrogen) atoms. The second-order valence-corrected chi connectivity index (χ2v) is 3.80. The maximum atomic E-state index is 5.52. The van der Waals surface area contributed by atoms with Crippen LogP contribution < -0.4 is 5.32 Å². The van der Waals surface area contributed by atoms with Gasteiger partial charge in [-0.25, -0.2) is 9.97 Å². The second-order valence-electron chi connectivity index (χ2n) is 3.80. The van der Waals surface area contributed by atoms with Crippen molar-refractivity contribution in [2.75, 3.05) is 18.5 Å². The third-order valence-corrected chi connectivity index (χ3v) is 2.56. The van der Waals surface area contributed by atoms with Crippen LogP contribution in [0.3, 0.4) is 0 Å². The van der Waals surface area contributed by atoms with E-state index in [0.29, 0.717) is 12.4 Å². The zero-order valence-corrected chi connectivity index (χ0v) is 10.4. The lowest BCUT2D eigenvalue weighted by Gasteiger charge is -2.12. The van der Waals surface area contributed by atoms with E-state index in [-0.39, 0.29) is 6.10 Å². The van der Waals surface area contributed by atoms with E-state index in [4.69, 9.17) is 4.74 Å². The van der Waals surface area contributed by atoms with Gasteiger partial charge in [0.05, 0.1) is 5.39 Å². The lowest BCUT2D eigenvalue weighted by molar-refractivity contribution is 0.0704. The van der Waals surface area contributed by atoms with Crippen LogP contribution in [0, 0.1) is 0 Å². The predicted molar refractivity (Wildman–Crippen MR) is 68.1 cm³/mol. The fourth-order valence-electron chi connectivity index (χ4n) is 1.77. The Labute approximate surface area is 101 Å². The molecule has 0 spiro atoms. The van der Waals surface area contributed by atoms with Crippen molar-refractivity contribution in [2.24, 2.45) is 0 Å². The molecule has 0 amide bonds. The normalized spacial score (nSPS) is 12.9. The summed E-state index contributed by atoms with van der Waals surface area (Å²) < 4.78 is 5.52. The highest BCUT2D eigenvalue weighted by molar-refractivity contribution is 5.86. The summed E-state index contributed by atoms with van der Waals surface area (Å²) >= 11 is 0. The molecular formula is C12H18N4O. The number of fused-ring (bicyclic) bond motifs is 1. The predicted octanol–water partition coefficient (Wildman–Crippen LogP) is 2.49. The lowest BCUT2D eigenvalue weighted by Crippen LogP contribution is -2.09. The number of ether oxygens (including phenoxy) is 1. The Morgan fingerprint density at radius 2 is 2.24 bits per heavy atom. The number of hydrogen-bond acceptors (Lipinski definition) is 4. The molecule has 2 aromatic rings. The SMILES string of the molecule is CCNc1nc(C(C)OCC)nc2[nH]ccc12. The molecule has 5 heteroatoms. The quantitative estimate of drug-likeness (QED) is 0.834. The molecule has 0 aliphatic carbocycles. The fraction of sp³-hybridized carbons (Fsp3) is 0.500. The first kappa shape index (κ1) is 11.9. The van der Waals surface area contributed by atoms with E-state index in [1.807, 2.05) is 33.0 Å². The zero-order valence-electron chi connectivity index (χ0n) is 10.4. The Kier molecular flexibility index (Phi) is 3.58. The fourth-order valence-corrected chi connectivity index (χ4v) is 1.77. The first-order valence-electron chi connectivity index (χ1n) is 5.96. The molecule has 1 unspecified atom stereocenters. The second kappa shape index (κ2) is 5.14. The molecule has 0 fully saturated rings. The maximum Gasteiger partial charge on any atom is 0.161 e. The van der Waals surface area contributed by atoms with E-state index in [1.165, 1.54) is 0 Å². The molecule has 0 saturated carbocycles. The average Bonchev–Trinajstić information content (AvgIpc) is 2.78. The van der Waals surface area contributed by atoms with Crippen LogP contribution >= 0.6 is 0 Å². The molecule has 0 aliphatic heterocycles. The summed E-state index contributed by atoms with van der Waals surface area (Å²) in [7, 11) is 0. The molecule has 92 valence electrons. The molecular weight excluding hydrogens is 216 g/mol. The number of rotatable bonds is 5. The van der Waals surface area contributed by atoms with E-state index in [9.17, 15) is 0 Å². The van der Waals surface area contributed by atoms with Crippen molar-refractivity contribution in [3.63, 3.8) is 0 Å². The summed E-state index contributed by atoms with van der Waals surface area (Å²) in [5.41, 5.74) is 0.845. The van der Waals surface area contributed by atoms with Crippen LogP contribution in [0.15, 0.2) is 12.3 Å². The Morgan fingerprint density at radius 3 is 2.94 bits per heavy atom. The molecule has 2 rings (SSSR count). The number of H-pyrrole nitrogens is 1. The van der Waals surface area contributed by atoms with Gasteiger partial charge in [-0.1, -0.05) is 0 Å². The van der Waals surface area contributed by atoms with Gasteiger partial charge in [-0.2, -0.15) is 0 Å². The standard InChI is InChI=1S/C12H18N4O/c1-4-13-11-9-6-7-14-12(9)16-10(15-11)8(3)17-5-2/h6-8H,4-5H2,1-3H3,(H2,13,14,15,16). The van der Waals surface area contributed by atoms with Crippen LogP contribution in [0.5, 0.6) is 0 Å². The number of nitrogens with zero attached hydrogens (tertiary/aromatic N) is 2. The third-order valence-electron chi connectivity index (χ3n) is 2.56. The van der Waals surface area contributed by atoms with Gasteiger partial charge in [0.1, 0.15) is 17.6 Å². The summed E-state index contributed by atoms with van der Waals surface area (Å²) in [4.78, 5) is 12.1. The van der Waals surface area contributed by atoms with Crippen LogP contribution in [-0.2, 0) is 4.74 Å². The van der Waals surface area contributed by atoms with E-state index in [1.54, 1.807) is 0 Å². The van der Waals surface area contributed by atoms with Gasteiger partial charge in [-0.15, -0.1) is 0 Å².